The van der Waals surface area contributed by atoms with Crippen LogP contribution in [0.15, 0.2) is 48.8 Å². The van der Waals surface area contributed by atoms with Crippen LogP contribution in [-0.4, -0.2) is 20.6 Å². The highest BCUT2D eigenvalue weighted by atomic mass is 35.5. The Hall–Kier alpha value is -2.33. The lowest BCUT2D eigenvalue weighted by Crippen LogP contribution is -2.04. The third kappa shape index (κ3) is 1.96. The third-order valence-corrected chi connectivity index (χ3v) is 3.14. The van der Waals surface area contributed by atoms with E-state index in [-0.39, 0.29) is 5.56 Å². The van der Waals surface area contributed by atoms with Gasteiger partial charge in [-0.3, -0.25) is 4.57 Å². The Labute approximate surface area is 113 Å². The zero-order valence-corrected chi connectivity index (χ0v) is 10.5. The first-order valence-corrected chi connectivity index (χ1v) is 6.00. The van der Waals surface area contributed by atoms with Crippen molar-refractivity contribution in [3.63, 3.8) is 0 Å². The molecule has 0 aliphatic carbocycles. The van der Waals surface area contributed by atoms with E-state index in [9.17, 15) is 9.90 Å². The van der Waals surface area contributed by atoms with E-state index in [2.05, 4.69) is 4.98 Å². The van der Waals surface area contributed by atoms with Crippen molar-refractivity contribution in [2.24, 2.45) is 0 Å². The lowest BCUT2D eigenvalue weighted by atomic mass is 10.1. The first-order valence-electron chi connectivity index (χ1n) is 5.62. The highest BCUT2D eigenvalue weighted by molar-refractivity contribution is 6.31. The molecule has 0 saturated heterocycles. The fraction of sp³-hybridized carbons (Fsp3) is 0. The molecule has 0 fully saturated rings. The second-order valence-corrected chi connectivity index (χ2v) is 4.51. The Bertz CT molecular complexity index is 780. The summed E-state index contributed by atoms with van der Waals surface area (Å²) in [6, 6.07) is 12.2. The van der Waals surface area contributed by atoms with Crippen LogP contribution in [0.25, 0.3) is 16.7 Å². The maximum Gasteiger partial charge on any atom is 0.337 e. The van der Waals surface area contributed by atoms with Crippen LogP contribution in [0.2, 0.25) is 5.02 Å². The lowest BCUT2D eigenvalue weighted by molar-refractivity contribution is 0.0697. The number of imidazole rings is 1. The van der Waals surface area contributed by atoms with E-state index in [1.807, 2.05) is 24.3 Å². The summed E-state index contributed by atoms with van der Waals surface area (Å²) in [5, 5.41) is 9.73. The summed E-state index contributed by atoms with van der Waals surface area (Å²) in [6.45, 7) is 0. The zero-order chi connectivity index (χ0) is 13.4. The first kappa shape index (κ1) is 11.7. The van der Waals surface area contributed by atoms with E-state index in [4.69, 9.17) is 11.6 Å². The number of carboxylic acids is 1. The lowest BCUT2D eigenvalue weighted by Gasteiger charge is -2.08. The minimum Gasteiger partial charge on any atom is -0.478 e. The van der Waals surface area contributed by atoms with E-state index < -0.39 is 5.97 Å². The van der Waals surface area contributed by atoms with E-state index in [0.717, 1.165) is 11.0 Å². The Morgan fingerprint density at radius 1 is 1.21 bits per heavy atom. The van der Waals surface area contributed by atoms with Crippen LogP contribution in [0, 0.1) is 0 Å². The van der Waals surface area contributed by atoms with Crippen LogP contribution in [0.4, 0.5) is 0 Å². The molecule has 0 atom stereocenters. The molecule has 0 bridgehead atoms. The fourth-order valence-electron chi connectivity index (χ4n) is 2.04. The van der Waals surface area contributed by atoms with Gasteiger partial charge in [0.15, 0.2) is 0 Å². The molecule has 5 heteroatoms. The quantitative estimate of drug-likeness (QED) is 0.778. The van der Waals surface area contributed by atoms with Crippen LogP contribution in [0.5, 0.6) is 0 Å². The number of carbonyl (C=O) groups is 1. The van der Waals surface area contributed by atoms with Crippen molar-refractivity contribution in [3.8, 4) is 5.69 Å². The summed E-state index contributed by atoms with van der Waals surface area (Å²) in [6.07, 6.45) is 1.60. The molecule has 0 spiro atoms. The van der Waals surface area contributed by atoms with Crippen molar-refractivity contribution >= 4 is 28.6 Å². The largest absolute Gasteiger partial charge is 0.478 e. The number of nitrogens with zero attached hydrogens (tertiary/aromatic N) is 2. The molecule has 1 N–H and O–H groups in total. The van der Waals surface area contributed by atoms with Crippen molar-refractivity contribution in [1.82, 2.24) is 9.55 Å². The molecule has 1 heterocycles. The molecule has 0 saturated carbocycles. The van der Waals surface area contributed by atoms with Crippen LogP contribution < -0.4 is 0 Å². The Morgan fingerprint density at radius 2 is 2.00 bits per heavy atom. The predicted octanol–water partition coefficient (Wildman–Crippen LogP) is 3.38. The molecule has 2 aromatic carbocycles. The van der Waals surface area contributed by atoms with Gasteiger partial charge in [0, 0.05) is 5.02 Å². The number of rotatable bonds is 2. The van der Waals surface area contributed by atoms with Gasteiger partial charge in [-0.25, -0.2) is 9.78 Å². The van der Waals surface area contributed by atoms with Crippen molar-refractivity contribution in [3.05, 3.63) is 59.4 Å². The second kappa shape index (κ2) is 4.40. The van der Waals surface area contributed by atoms with E-state index >= 15 is 0 Å². The van der Waals surface area contributed by atoms with Gasteiger partial charge in [0.1, 0.15) is 6.33 Å². The molecule has 4 nitrogen and oxygen atoms in total. The average molecular weight is 273 g/mol. The predicted molar refractivity (Wildman–Crippen MR) is 73.0 cm³/mol. The number of fused-ring (bicyclic) bond motifs is 1. The third-order valence-electron chi connectivity index (χ3n) is 2.90. The molecular formula is C14H9ClN2O2. The smallest absolute Gasteiger partial charge is 0.337 e. The van der Waals surface area contributed by atoms with Gasteiger partial charge >= 0.3 is 5.97 Å². The minimum absolute atomic E-state index is 0.188. The summed E-state index contributed by atoms with van der Waals surface area (Å²) in [5.74, 6) is -0.996. The number of benzene rings is 2. The monoisotopic (exact) mass is 272 g/mol. The van der Waals surface area contributed by atoms with Gasteiger partial charge in [0.2, 0.25) is 0 Å². The second-order valence-electron chi connectivity index (χ2n) is 4.07. The van der Waals surface area contributed by atoms with Crippen LogP contribution in [-0.2, 0) is 0 Å². The maximum atomic E-state index is 11.3. The van der Waals surface area contributed by atoms with Crippen LogP contribution >= 0.6 is 11.6 Å². The maximum absolute atomic E-state index is 11.3. The number of hydrogen-bond donors (Lipinski definition) is 1. The molecule has 3 rings (SSSR count). The molecule has 94 valence electrons. The van der Waals surface area contributed by atoms with Crippen LogP contribution in [0.3, 0.4) is 0 Å². The number of para-hydroxylation sites is 2. The highest BCUT2D eigenvalue weighted by Gasteiger charge is 2.14. The zero-order valence-electron chi connectivity index (χ0n) is 9.75. The number of carboxylic acid groups (broad SMARTS) is 1. The fourth-order valence-corrected chi connectivity index (χ4v) is 2.20. The van der Waals surface area contributed by atoms with Gasteiger partial charge in [-0.05, 0) is 30.3 Å². The highest BCUT2D eigenvalue weighted by Crippen LogP contribution is 2.24. The summed E-state index contributed by atoms with van der Waals surface area (Å²) in [5.41, 5.74) is 2.34. The van der Waals surface area contributed by atoms with Gasteiger partial charge in [0.05, 0.1) is 22.3 Å². The minimum atomic E-state index is -0.996. The van der Waals surface area contributed by atoms with E-state index in [0.29, 0.717) is 10.7 Å². The van der Waals surface area contributed by atoms with Crippen molar-refractivity contribution in [2.45, 2.75) is 0 Å². The molecule has 0 aliphatic heterocycles. The standard InChI is InChI=1S/C14H9ClN2O2/c15-9-5-6-10(14(18)19)13(7-9)17-8-16-11-3-1-2-4-12(11)17/h1-8H,(H,18,19). The van der Waals surface area contributed by atoms with Crippen molar-refractivity contribution in [1.29, 1.82) is 0 Å². The molecule has 1 aromatic heterocycles. The molecule has 19 heavy (non-hydrogen) atoms. The SMILES string of the molecule is O=C(O)c1ccc(Cl)cc1-n1cnc2ccccc21. The van der Waals surface area contributed by atoms with E-state index in [1.165, 1.54) is 6.07 Å². The Kier molecular flexibility index (Phi) is 2.72. The number of aromatic carboxylic acids is 1. The first-order chi connectivity index (χ1) is 9.16. The molecule has 0 unspecified atom stereocenters. The number of halogens is 1. The molecular weight excluding hydrogens is 264 g/mol. The van der Waals surface area contributed by atoms with Crippen LogP contribution in [0.1, 0.15) is 10.4 Å². The summed E-state index contributed by atoms with van der Waals surface area (Å²) >= 11 is 5.96. The van der Waals surface area contributed by atoms with Crippen molar-refractivity contribution < 1.29 is 9.90 Å². The average Bonchev–Trinajstić information content (AvgIpc) is 2.82. The number of hydrogen-bond acceptors (Lipinski definition) is 2. The topological polar surface area (TPSA) is 55.1 Å². The summed E-state index contributed by atoms with van der Waals surface area (Å²) in [7, 11) is 0. The summed E-state index contributed by atoms with van der Waals surface area (Å²) < 4.78 is 1.73. The molecule has 0 amide bonds. The molecule has 0 aliphatic rings. The molecule has 3 aromatic rings. The van der Waals surface area contributed by atoms with E-state index in [1.54, 1.807) is 23.0 Å². The van der Waals surface area contributed by atoms with Gasteiger partial charge in [-0.2, -0.15) is 0 Å². The normalized spacial score (nSPS) is 10.8. The summed E-state index contributed by atoms with van der Waals surface area (Å²) in [4.78, 5) is 15.5. The van der Waals surface area contributed by atoms with Gasteiger partial charge in [-0.1, -0.05) is 23.7 Å². The van der Waals surface area contributed by atoms with Gasteiger partial charge < -0.3 is 5.11 Å². The Balaban J connectivity index is 2.32. The van der Waals surface area contributed by atoms with Gasteiger partial charge in [-0.15, -0.1) is 0 Å². The Morgan fingerprint density at radius 3 is 2.79 bits per heavy atom. The van der Waals surface area contributed by atoms with Gasteiger partial charge in [0.25, 0.3) is 0 Å². The molecule has 0 radical (unpaired) electrons. The van der Waals surface area contributed by atoms with Crippen molar-refractivity contribution in [2.75, 3.05) is 0 Å². The number of aromatic nitrogens is 2.